The van der Waals surface area contributed by atoms with E-state index >= 15 is 0 Å². The summed E-state index contributed by atoms with van der Waals surface area (Å²) in [6.45, 7) is 25.5. The molecule has 0 saturated carbocycles. The van der Waals surface area contributed by atoms with Gasteiger partial charge in [-0.15, -0.1) is 0 Å². The average molecular weight is 990 g/mol. The van der Waals surface area contributed by atoms with E-state index in [1.54, 1.807) is 21.1 Å². The van der Waals surface area contributed by atoms with E-state index in [-0.39, 0.29) is 66.9 Å². The van der Waals surface area contributed by atoms with E-state index < -0.39 is 83.3 Å². The highest BCUT2D eigenvalue weighted by Crippen LogP contribution is 2.52. The van der Waals surface area contributed by atoms with E-state index in [0.29, 0.717) is 32.4 Å². The molecule has 1 unspecified atom stereocenters. The molecule has 0 aliphatic carbocycles. The molecular formula is C54H91N3O13. The number of carbonyl (C=O) groups is 2. The maximum absolute atomic E-state index is 14.8. The first-order valence-corrected chi connectivity index (χ1v) is 26.0. The Morgan fingerprint density at radius 1 is 0.900 bits per heavy atom. The average Bonchev–Trinajstić information content (AvgIpc) is 3.80. The highest BCUT2D eigenvalue weighted by atomic mass is 16.7. The molecule has 6 rings (SSSR count). The van der Waals surface area contributed by atoms with Gasteiger partial charge >= 0.3 is 11.9 Å². The molecular weight excluding hydrogens is 899 g/mol. The van der Waals surface area contributed by atoms with Crippen LogP contribution in [0.1, 0.15) is 121 Å². The van der Waals surface area contributed by atoms with Crippen molar-refractivity contribution in [1.82, 2.24) is 14.7 Å². The van der Waals surface area contributed by atoms with E-state index in [0.717, 1.165) is 11.3 Å². The summed E-state index contributed by atoms with van der Waals surface area (Å²) in [4.78, 5) is 34.5. The zero-order chi connectivity index (χ0) is 52.1. The third kappa shape index (κ3) is 10.9. The van der Waals surface area contributed by atoms with Crippen LogP contribution in [0.15, 0.2) is 24.3 Å². The van der Waals surface area contributed by atoms with Gasteiger partial charge in [-0.05, 0) is 121 Å². The van der Waals surface area contributed by atoms with Crippen molar-refractivity contribution in [3.63, 3.8) is 0 Å². The summed E-state index contributed by atoms with van der Waals surface area (Å²) in [6.07, 6.45) is -4.81. The number of benzene rings is 1. The molecule has 16 nitrogen and oxygen atoms in total. The largest absolute Gasteiger partial charge is 0.496 e. The summed E-state index contributed by atoms with van der Waals surface area (Å²) in [5.74, 6) is -1.95. The quantitative estimate of drug-likeness (QED) is 0.196. The first kappa shape index (κ1) is 56.8. The molecule has 5 saturated heterocycles. The van der Waals surface area contributed by atoms with Gasteiger partial charge in [-0.1, -0.05) is 45.9 Å². The van der Waals surface area contributed by atoms with Crippen LogP contribution in [0.5, 0.6) is 5.75 Å². The van der Waals surface area contributed by atoms with Crippen LogP contribution in [0.3, 0.4) is 0 Å². The molecule has 70 heavy (non-hydrogen) atoms. The third-order valence-electron chi connectivity index (χ3n) is 17.9. The van der Waals surface area contributed by atoms with Gasteiger partial charge in [0.05, 0.1) is 55.6 Å². The Morgan fingerprint density at radius 2 is 1.57 bits per heavy atom. The zero-order valence-corrected chi connectivity index (χ0v) is 45.9. The Hall–Kier alpha value is -2.48. The molecule has 1 aromatic carbocycles. The number of ether oxygens (including phenoxy) is 9. The molecule has 0 radical (unpaired) electrons. The molecule has 16 heteroatoms. The van der Waals surface area contributed by atoms with E-state index in [4.69, 9.17) is 42.6 Å². The lowest BCUT2D eigenvalue weighted by Gasteiger charge is -2.54. The minimum atomic E-state index is -1.49. The lowest BCUT2D eigenvalue weighted by molar-refractivity contribution is -0.339. The Balaban J connectivity index is 1.32. The van der Waals surface area contributed by atoms with Crippen LogP contribution in [-0.4, -0.2) is 183 Å². The number of para-hydroxylation sites is 1. The summed E-state index contributed by atoms with van der Waals surface area (Å²) in [7, 11) is 11.2. The fraction of sp³-hybridized carbons (Fsp3) is 0.852. The lowest BCUT2D eigenvalue weighted by Crippen LogP contribution is -2.70. The molecule has 400 valence electrons. The standard InChI is InChI=1S/C54H91N3O13/c1-19-41-53(12)38(27-42(58)69-53)33(4)45-31(2)28-51(10,70-45)47(68-49-44(59)39(55(13)14)26-32(3)64-49)34(5)46(35(6)48(60)66-41)67-43-29-52(11,63-18)54(61,36(7)65-43)30-56(15)24-25-57(16)50(8,9)37-22-20-21-23-40(37)62-17/h20-23,31-36,38-39,41,43-47,49,59,61H,19,24-30H2,1-18H3/t31-,32-,33-,34+,35-,36+,38-,39+,41-,43+,44-,45?,46+,47-,49+,51+,52-,53+,54-/m1/s1. The maximum atomic E-state index is 14.8. The van der Waals surface area contributed by atoms with Gasteiger partial charge in [-0.3, -0.25) is 14.5 Å². The van der Waals surface area contributed by atoms with Crippen LogP contribution < -0.4 is 4.74 Å². The summed E-state index contributed by atoms with van der Waals surface area (Å²) < 4.78 is 59.4. The summed E-state index contributed by atoms with van der Waals surface area (Å²) in [5.41, 5.74) is -3.99. The van der Waals surface area contributed by atoms with Crippen LogP contribution in [0, 0.1) is 29.6 Å². The number of nitrogens with zero attached hydrogens (tertiary/aromatic N) is 3. The summed E-state index contributed by atoms with van der Waals surface area (Å²) in [6, 6.07) is 7.82. The molecule has 2 N–H and O–H groups in total. The van der Waals surface area contributed by atoms with Gasteiger partial charge < -0.3 is 62.6 Å². The number of hydrogen-bond donors (Lipinski definition) is 2. The molecule has 2 bridgehead atoms. The van der Waals surface area contributed by atoms with Crippen molar-refractivity contribution in [3.8, 4) is 5.75 Å². The lowest BCUT2D eigenvalue weighted by atomic mass is 9.71. The number of methoxy groups -OCH3 is 2. The number of rotatable bonds is 15. The number of carbonyl (C=O) groups excluding carboxylic acids is 2. The van der Waals surface area contributed by atoms with E-state index in [1.165, 1.54) is 0 Å². The van der Waals surface area contributed by atoms with E-state index in [2.05, 4.69) is 50.6 Å². The van der Waals surface area contributed by atoms with Crippen molar-refractivity contribution < 1.29 is 62.4 Å². The second-order valence-electron chi connectivity index (χ2n) is 23.3. The second-order valence-corrected chi connectivity index (χ2v) is 23.3. The first-order valence-electron chi connectivity index (χ1n) is 26.0. The molecule has 19 atom stereocenters. The van der Waals surface area contributed by atoms with Gasteiger partial charge in [0.15, 0.2) is 12.6 Å². The predicted octanol–water partition coefficient (Wildman–Crippen LogP) is 6.01. The molecule has 5 heterocycles. The van der Waals surface area contributed by atoms with Gasteiger partial charge in [-0.25, -0.2) is 0 Å². The fourth-order valence-corrected chi connectivity index (χ4v) is 13.1. The molecule has 0 amide bonds. The van der Waals surface area contributed by atoms with Crippen LogP contribution in [0.25, 0.3) is 0 Å². The number of fused-ring (bicyclic) bond motifs is 3. The van der Waals surface area contributed by atoms with Crippen LogP contribution in [0.4, 0.5) is 0 Å². The minimum absolute atomic E-state index is 0.0336. The number of esters is 2. The Kier molecular flexibility index (Phi) is 17.7. The summed E-state index contributed by atoms with van der Waals surface area (Å²) in [5, 5.41) is 24.7. The van der Waals surface area contributed by atoms with E-state index in [9.17, 15) is 19.8 Å². The van der Waals surface area contributed by atoms with Gasteiger partial charge in [0.1, 0.15) is 34.8 Å². The number of aliphatic hydroxyl groups excluding tert-OH is 1. The normalized spacial score (nSPS) is 43.0. The van der Waals surface area contributed by atoms with Crippen molar-refractivity contribution in [1.29, 1.82) is 0 Å². The van der Waals surface area contributed by atoms with Gasteiger partial charge in [-0.2, -0.15) is 0 Å². The molecule has 0 aromatic heterocycles. The minimum Gasteiger partial charge on any atom is -0.496 e. The molecule has 5 aliphatic heterocycles. The zero-order valence-electron chi connectivity index (χ0n) is 45.9. The fourth-order valence-electron chi connectivity index (χ4n) is 13.1. The topological polar surface area (TPSA) is 167 Å². The Labute approximate surface area is 419 Å². The van der Waals surface area contributed by atoms with Gasteiger partial charge in [0.25, 0.3) is 0 Å². The van der Waals surface area contributed by atoms with Crippen molar-refractivity contribution >= 4 is 11.9 Å². The first-order chi connectivity index (χ1) is 32.6. The van der Waals surface area contributed by atoms with Crippen molar-refractivity contribution in [2.45, 2.75) is 204 Å². The van der Waals surface area contributed by atoms with Gasteiger partial charge in [0, 0.05) is 62.1 Å². The van der Waals surface area contributed by atoms with Crippen molar-refractivity contribution in [2.75, 3.05) is 62.0 Å². The van der Waals surface area contributed by atoms with Crippen molar-refractivity contribution in [2.24, 2.45) is 29.6 Å². The SMILES string of the molecule is CC[C@H]1OC(=O)[C@H](C)[C@@H](O[C@H]2C[C@@](C)(OC)[C@@](O)(CN(C)CCN(C)C(C)(C)c3ccccc3OC)[C@H](C)O2)[C@H](C)[C@@H](O[C@@H]2O[C@H](C)C[C@H](N(C)C)[C@H]2O)[C@]2(C)C[C@@H](C)C(O2)[C@H](C)[C@H]2CC(=O)O[C@@]21C. The van der Waals surface area contributed by atoms with E-state index in [1.807, 2.05) is 92.7 Å². The highest BCUT2D eigenvalue weighted by Gasteiger charge is 2.62. The number of cyclic esters (lactones) is 1. The van der Waals surface area contributed by atoms with Crippen molar-refractivity contribution in [3.05, 3.63) is 29.8 Å². The predicted molar refractivity (Wildman–Crippen MR) is 265 cm³/mol. The number of likely N-dealkylation sites (N-methyl/N-ethyl adjacent to an activating group) is 3. The van der Waals surface area contributed by atoms with Crippen LogP contribution in [-0.2, 0) is 53.0 Å². The number of aliphatic hydroxyl groups is 2. The molecule has 0 spiro atoms. The molecule has 5 aliphatic rings. The van der Waals surface area contributed by atoms with Gasteiger partial charge in [0.2, 0.25) is 0 Å². The summed E-state index contributed by atoms with van der Waals surface area (Å²) >= 11 is 0. The maximum Gasteiger partial charge on any atom is 0.311 e. The third-order valence-corrected chi connectivity index (χ3v) is 17.9. The Morgan fingerprint density at radius 3 is 2.20 bits per heavy atom. The second kappa shape index (κ2) is 21.8. The number of hydrogen-bond acceptors (Lipinski definition) is 16. The van der Waals surface area contributed by atoms with Crippen LogP contribution in [0.2, 0.25) is 0 Å². The Bertz CT molecular complexity index is 1940. The highest BCUT2D eigenvalue weighted by molar-refractivity contribution is 5.75. The molecule has 5 fully saturated rings. The monoisotopic (exact) mass is 990 g/mol. The molecule has 1 aromatic rings. The van der Waals surface area contributed by atoms with Crippen LogP contribution >= 0.6 is 0 Å². The smallest absolute Gasteiger partial charge is 0.311 e.